The smallest absolute Gasteiger partial charge is 0.326 e. The summed E-state index contributed by atoms with van der Waals surface area (Å²) in [6.45, 7) is 4.57. The minimum absolute atomic E-state index is 0.109. The quantitative estimate of drug-likeness (QED) is 0.358. The van der Waals surface area contributed by atoms with Crippen molar-refractivity contribution in [3.05, 3.63) is 23.4 Å². The maximum absolute atomic E-state index is 12.9. The Hall–Kier alpha value is -2.23. The third-order valence-corrected chi connectivity index (χ3v) is 8.48. The molecule has 192 valence electrons. The third kappa shape index (κ3) is 5.95. The van der Waals surface area contributed by atoms with Gasteiger partial charge in [0.05, 0.1) is 5.92 Å². The van der Waals surface area contributed by atoms with Crippen molar-refractivity contribution >= 4 is 17.7 Å². The monoisotopic (exact) mass is 484 g/mol. The van der Waals surface area contributed by atoms with Gasteiger partial charge in [-0.15, -0.1) is 0 Å². The van der Waals surface area contributed by atoms with Gasteiger partial charge in [-0.05, 0) is 81.4 Å². The number of fused-ring (bicyclic) bond motifs is 2. The number of hydrazine groups is 1. The zero-order valence-corrected chi connectivity index (χ0v) is 20.6. The van der Waals surface area contributed by atoms with Crippen molar-refractivity contribution in [2.45, 2.75) is 69.9 Å². The minimum Gasteiger partial charge on any atom is -0.480 e. The van der Waals surface area contributed by atoms with E-state index in [1.54, 1.807) is 0 Å². The number of aryl methyl sites for hydroxylation is 2. The number of aromatic nitrogens is 1. The number of anilines is 1. The number of pyridine rings is 1. The Labute approximate surface area is 207 Å². The second-order valence-corrected chi connectivity index (χ2v) is 10.9. The number of carbonyl (C=O) groups excluding carboxylic acids is 1. The molecule has 35 heavy (non-hydrogen) atoms. The van der Waals surface area contributed by atoms with Gasteiger partial charge < -0.3 is 20.6 Å². The van der Waals surface area contributed by atoms with Crippen LogP contribution in [0.3, 0.4) is 0 Å². The lowest BCUT2D eigenvalue weighted by atomic mass is 9.77. The molecule has 1 aliphatic carbocycles. The van der Waals surface area contributed by atoms with Crippen molar-refractivity contribution in [2.24, 2.45) is 17.8 Å². The average molecular weight is 485 g/mol. The van der Waals surface area contributed by atoms with Crippen molar-refractivity contribution in [1.29, 1.82) is 0 Å². The van der Waals surface area contributed by atoms with Gasteiger partial charge in [-0.1, -0.05) is 12.5 Å². The Bertz CT molecular complexity index is 911. The van der Waals surface area contributed by atoms with Crippen LogP contribution in [0.4, 0.5) is 5.82 Å². The van der Waals surface area contributed by atoms with E-state index in [4.69, 9.17) is 4.98 Å². The van der Waals surface area contributed by atoms with Gasteiger partial charge in [0.2, 0.25) is 5.91 Å². The summed E-state index contributed by atoms with van der Waals surface area (Å²) in [6, 6.07) is 3.67. The van der Waals surface area contributed by atoms with Crippen LogP contribution < -0.4 is 21.5 Å². The highest BCUT2D eigenvalue weighted by atomic mass is 16.4. The average Bonchev–Trinajstić information content (AvgIpc) is 3.54. The molecule has 5 rings (SSSR count). The number of carboxylic acid groups (broad SMARTS) is 1. The number of nitrogens with zero attached hydrogens (tertiary/aromatic N) is 2. The SMILES string of the molecule is O=C(N[C@@H](CCN1CC[C@@H](CCc2ccc3c(n2)NCCC3)C1)C(=O)O)C1CCCC2CNNC21. The summed E-state index contributed by atoms with van der Waals surface area (Å²) < 4.78 is 0. The number of carboxylic acids is 1. The van der Waals surface area contributed by atoms with Crippen LogP contribution in [0.1, 0.15) is 56.2 Å². The lowest BCUT2D eigenvalue weighted by Gasteiger charge is -2.32. The Balaban J connectivity index is 1.06. The number of aliphatic carboxylic acids is 1. The molecule has 9 nitrogen and oxygen atoms in total. The van der Waals surface area contributed by atoms with Crippen LogP contribution in [-0.2, 0) is 22.4 Å². The summed E-state index contributed by atoms with van der Waals surface area (Å²) in [4.78, 5) is 32.0. The van der Waals surface area contributed by atoms with E-state index in [1.807, 2.05) is 0 Å². The summed E-state index contributed by atoms with van der Waals surface area (Å²) in [5.74, 6) is 0.915. The highest BCUT2D eigenvalue weighted by Crippen LogP contribution is 2.31. The molecule has 1 amide bonds. The zero-order chi connectivity index (χ0) is 24.2. The van der Waals surface area contributed by atoms with Crippen LogP contribution in [0.5, 0.6) is 0 Å². The molecule has 2 saturated heterocycles. The van der Waals surface area contributed by atoms with E-state index in [2.05, 4.69) is 38.5 Å². The summed E-state index contributed by atoms with van der Waals surface area (Å²) in [7, 11) is 0. The predicted octanol–water partition coefficient (Wildman–Crippen LogP) is 1.55. The predicted molar refractivity (Wildman–Crippen MR) is 134 cm³/mol. The van der Waals surface area contributed by atoms with Crippen molar-refractivity contribution in [1.82, 2.24) is 26.1 Å². The topological polar surface area (TPSA) is 119 Å². The number of rotatable bonds is 9. The lowest BCUT2D eigenvalue weighted by Crippen LogP contribution is -2.52. The van der Waals surface area contributed by atoms with Gasteiger partial charge in [-0.2, -0.15) is 0 Å². The molecule has 3 unspecified atom stereocenters. The number of carbonyl (C=O) groups is 2. The van der Waals surface area contributed by atoms with Gasteiger partial charge in [0, 0.05) is 37.9 Å². The molecule has 0 aromatic carbocycles. The first-order valence-corrected chi connectivity index (χ1v) is 13.5. The molecule has 1 aromatic heterocycles. The first-order valence-electron chi connectivity index (χ1n) is 13.5. The van der Waals surface area contributed by atoms with E-state index in [0.29, 0.717) is 24.8 Å². The number of likely N-dealkylation sites (tertiary alicyclic amines) is 1. The zero-order valence-electron chi connectivity index (χ0n) is 20.6. The van der Waals surface area contributed by atoms with Crippen molar-refractivity contribution < 1.29 is 14.7 Å². The fourth-order valence-corrected chi connectivity index (χ4v) is 6.40. The molecule has 5 atom stereocenters. The normalized spacial score (nSPS) is 29.1. The Morgan fingerprint density at radius 3 is 3.03 bits per heavy atom. The third-order valence-electron chi connectivity index (χ3n) is 8.48. The number of hydrogen-bond donors (Lipinski definition) is 5. The summed E-state index contributed by atoms with van der Waals surface area (Å²) >= 11 is 0. The van der Waals surface area contributed by atoms with Crippen LogP contribution in [-0.4, -0.2) is 71.7 Å². The molecule has 1 saturated carbocycles. The first-order chi connectivity index (χ1) is 17.1. The largest absolute Gasteiger partial charge is 0.480 e. The van der Waals surface area contributed by atoms with E-state index in [9.17, 15) is 14.7 Å². The lowest BCUT2D eigenvalue weighted by molar-refractivity contribution is -0.143. The molecular weight excluding hydrogens is 444 g/mol. The molecule has 4 aliphatic rings. The molecule has 1 aromatic rings. The van der Waals surface area contributed by atoms with Crippen molar-refractivity contribution in [3.8, 4) is 0 Å². The first kappa shape index (κ1) is 24.5. The molecular formula is C26H40N6O3. The summed E-state index contributed by atoms with van der Waals surface area (Å²) in [5.41, 5.74) is 8.88. The molecule has 0 bridgehead atoms. The second kappa shape index (κ2) is 11.2. The van der Waals surface area contributed by atoms with Crippen LogP contribution in [0.2, 0.25) is 0 Å². The highest BCUT2D eigenvalue weighted by molar-refractivity contribution is 5.85. The molecule has 4 heterocycles. The molecule has 3 fully saturated rings. The Morgan fingerprint density at radius 1 is 1.23 bits per heavy atom. The van der Waals surface area contributed by atoms with Gasteiger partial charge >= 0.3 is 5.97 Å². The molecule has 9 heteroatoms. The molecule has 5 N–H and O–H groups in total. The van der Waals surface area contributed by atoms with E-state index in [-0.39, 0.29) is 17.9 Å². The van der Waals surface area contributed by atoms with E-state index in [1.165, 1.54) is 12.0 Å². The standard InChI is InChI=1S/C26H40N6O3/c33-25(21-5-1-3-19-15-28-31-23(19)21)30-22(26(34)35)11-14-32-13-10-17(16-32)6-8-20-9-7-18-4-2-12-27-24(18)29-20/h7,9,17,19,21-23,28,31H,1-6,8,10-16H2,(H,27,29)(H,30,33)(H,34,35)/t17-,19?,21?,22+,23?/m1/s1. The highest BCUT2D eigenvalue weighted by Gasteiger charge is 2.41. The maximum Gasteiger partial charge on any atom is 0.326 e. The van der Waals surface area contributed by atoms with Crippen LogP contribution in [0.15, 0.2) is 12.1 Å². The minimum atomic E-state index is -0.939. The number of nitrogens with one attached hydrogen (secondary N) is 4. The van der Waals surface area contributed by atoms with Gasteiger partial charge in [0.15, 0.2) is 0 Å². The Kier molecular flexibility index (Phi) is 7.84. The second-order valence-electron chi connectivity index (χ2n) is 10.9. The van der Waals surface area contributed by atoms with Gasteiger partial charge in [-0.3, -0.25) is 15.6 Å². The summed E-state index contributed by atoms with van der Waals surface area (Å²) in [5, 5.41) is 16.0. The van der Waals surface area contributed by atoms with Crippen molar-refractivity contribution in [3.63, 3.8) is 0 Å². The van der Waals surface area contributed by atoms with E-state index < -0.39 is 12.0 Å². The summed E-state index contributed by atoms with van der Waals surface area (Å²) in [6.07, 6.45) is 8.90. The number of hydrogen-bond acceptors (Lipinski definition) is 7. The number of amides is 1. The van der Waals surface area contributed by atoms with Crippen molar-refractivity contribution in [2.75, 3.05) is 38.0 Å². The van der Waals surface area contributed by atoms with E-state index >= 15 is 0 Å². The van der Waals surface area contributed by atoms with Gasteiger partial charge in [0.25, 0.3) is 0 Å². The van der Waals surface area contributed by atoms with Crippen LogP contribution in [0.25, 0.3) is 0 Å². The molecule has 0 radical (unpaired) electrons. The van der Waals surface area contributed by atoms with Crippen LogP contribution >= 0.6 is 0 Å². The molecule has 3 aliphatic heterocycles. The van der Waals surface area contributed by atoms with Gasteiger partial charge in [0.1, 0.15) is 11.9 Å². The van der Waals surface area contributed by atoms with Gasteiger partial charge in [-0.25, -0.2) is 9.78 Å². The van der Waals surface area contributed by atoms with E-state index in [0.717, 1.165) is 82.6 Å². The maximum atomic E-state index is 12.9. The fraction of sp³-hybridized carbons (Fsp3) is 0.731. The Morgan fingerprint density at radius 2 is 2.14 bits per heavy atom. The molecule has 0 spiro atoms. The van der Waals surface area contributed by atoms with Crippen LogP contribution in [0, 0.1) is 17.8 Å². The fourth-order valence-electron chi connectivity index (χ4n) is 6.40.